The Labute approximate surface area is 119 Å². The molecule has 4 heteroatoms. The van der Waals surface area contributed by atoms with Gasteiger partial charge in [0.25, 0.3) is 5.91 Å². The van der Waals surface area contributed by atoms with E-state index in [2.05, 4.69) is 5.32 Å². The van der Waals surface area contributed by atoms with E-state index in [1.165, 1.54) is 0 Å². The van der Waals surface area contributed by atoms with Crippen LogP contribution in [0.15, 0.2) is 41.0 Å². The first-order valence-corrected chi connectivity index (χ1v) is 6.75. The first kappa shape index (κ1) is 14.2. The van der Waals surface area contributed by atoms with E-state index in [-0.39, 0.29) is 11.9 Å². The van der Waals surface area contributed by atoms with Gasteiger partial charge in [-0.15, -0.1) is 0 Å². The Balaban J connectivity index is 1.88. The second-order valence-electron chi connectivity index (χ2n) is 5.06. The molecule has 1 atom stereocenters. The van der Waals surface area contributed by atoms with Crippen molar-refractivity contribution >= 4 is 11.6 Å². The average Bonchev–Trinajstić information content (AvgIpc) is 2.92. The molecule has 0 aliphatic heterocycles. The first-order valence-electron chi connectivity index (χ1n) is 6.75. The van der Waals surface area contributed by atoms with Gasteiger partial charge in [-0.1, -0.05) is 0 Å². The van der Waals surface area contributed by atoms with Gasteiger partial charge >= 0.3 is 0 Å². The summed E-state index contributed by atoms with van der Waals surface area (Å²) in [6, 6.07) is 9.22. The smallest absolute Gasteiger partial charge is 0.251 e. The number of amides is 1. The van der Waals surface area contributed by atoms with Crippen LogP contribution in [0, 0.1) is 6.92 Å². The van der Waals surface area contributed by atoms with Crippen LogP contribution < -0.4 is 11.1 Å². The Morgan fingerprint density at radius 2 is 2.20 bits per heavy atom. The summed E-state index contributed by atoms with van der Waals surface area (Å²) in [4.78, 5) is 12.1. The number of rotatable bonds is 5. The Bertz CT molecular complexity index is 576. The van der Waals surface area contributed by atoms with Crippen molar-refractivity contribution in [2.24, 2.45) is 0 Å². The lowest BCUT2D eigenvalue weighted by Crippen LogP contribution is -2.32. The fraction of sp³-hybridized carbons (Fsp3) is 0.312. The van der Waals surface area contributed by atoms with E-state index in [0.29, 0.717) is 11.3 Å². The van der Waals surface area contributed by atoms with Crippen molar-refractivity contribution in [1.29, 1.82) is 0 Å². The van der Waals surface area contributed by atoms with Gasteiger partial charge in [0.15, 0.2) is 0 Å². The molecular formula is C16H20N2O2. The SMILES string of the molecule is Cc1cc(C(=O)NC(C)CCc2ccco2)ccc1N. The van der Waals surface area contributed by atoms with Gasteiger partial charge in [-0.05, 0) is 56.2 Å². The van der Waals surface area contributed by atoms with Gasteiger partial charge in [0, 0.05) is 23.7 Å². The molecule has 1 aromatic heterocycles. The van der Waals surface area contributed by atoms with E-state index in [1.54, 1.807) is 18.4 Å². The van der Waals surface area contributed by atoms with Crippen molar-refractivity contribution in [3.05, 3.63) is 53.5 Å². The Kier molecular flexibility index (Phi) is 4.45. The zero-order valence-electron chi connectivity index (χ0n) is 11.8. The number of carbonyl (C=O) groups excluding carboxylic acids is 1. The first-order chi connectivity index (χ1) is 9.56. The summed E-state index contributed by atoms with van der Waals surface area (Å²) >= 11 is 0. The molecule has 2 aromatic rings. The highest BCUT2D eigenvalue weighted by atomic mass is 16.3. The third-order valence-electron chi connectivity index (χ3n) is 3.31. The van der Waals surface area contributed by atoms with Gasteiger partial charge in [-0.3, -0.25) is 4.79 Å². The van der Waals surface area contributed by atoms with E-state index >= 15 is 0 Å². The topological polar surface area (TPSA) is 68.3 Å². The fourth-order valence-corrected chi connectivity index (χ4v) is 2.01. The molecule has 1 unspecified atom stereocenters. The summed E-state index contributed by atoms with van der Waals surface area (Å²) in [5.74, 6) is 0.870. The zero-order valence-corrected chi connectivity index (χ0v) is 11.8. The van der Waals surface area contributed by atoms with Gasteiger partial charge in [0.05, 0.1) is 6.26 Å². The molecule has 0 radical (unpaired) electrons. The highest BCUT2D eigenvalue weighted by Crippen LogP contribution is 2.13. The molecule has 0 aliphatic rings. The lowest BCUT2D eigenvalue weighted by molar-refractivity contribution is 0.0938. The van der Waals surface area contributed by atoms with Crippen LogP contribution in [0.3, 0.4) is 0 Å². The molecule has 0 aliphatic carbocycles. The van der Waals surface area contributed by atoms with E-state index in [0.717, 1.165) is 24.2 Å². The molecule has 106 valence electrons. The summed E-state index contributed by atoms with van der Waals surface area (Å²) in [5, 5.41) is 2.98. The fourth-order valence-electron chi connectivity index (χ4n) is 2.01. The highest BCUT2D eigenvalue weighted by Gasteiger charge is 2.11. The average molecular weight is 272 g/mol. The highest BCUT2D eigenvalue weighted by molar-refractivity contribution is 5.95. The predicted molar refractivity (Wildman–Crippen MR) is 79.5 cm³/mol. The van der Waals surface area contributed by atoms with Gasteiger partial charge in [0.1, 0.15) is 5.76 Å². The molecule has 0 saturated heterocycles. The van der Waals surface area contributed by atoms with Crippen LogP contribution in [0.5, 0.6) is 0 Å². The summed E-state index contributed by atoms with van der Waals surface area (Å²) in [6.45, 7) is 3.89. The number of hydrogen-bond donors (Lipinski definition) is 2. The van der Waals surface area contributed by atoms with Crippen molar-refractivity contribution in [3.8, 4) is 0 Å². The molecule has 20 heavy (non-hydrogen) atoms. The van der Waals surface area contributed by atoms with Crippen LogP contribution in [0.2, 0.25) is 0 Å². The number of anilines is 1. The maximum atomic E-state index is 12.1. The molecule has 0 spiro atoms. The van der Waals surface area contributed by atoms with Crippen molar-refractivity contribution in [2.45, 2.75) is 32.7 Å². The number of carbonyl (C=O) groups is 1. The van der Waals surface area contributed by atoms with Gasteiger partial charge in [0.2, 0.25) is 0 Å². The number of nitrogens with one attached hydrogen (secondary N) is 1. The van der Waals surface area contributed by atoms with E-state index in [9.17, 15) is 4.79 Å². The van der Waals surface area contributed by atoms with Gasteiger partial charge in [-0.2, -0.15) is 0 Å². The number of nitrogens with two attached hydrogens (primary N) is 1. The second kappa shape index (κ2) is 6.28. The second-order valence-corrected chi connectivity index (χ2v) is 5.06. The summed E-state index contributed by atoms with van der Waals surface area (Å²) in [7, 11) is 0. The number of nitrogen functional groups attached to an aromatic ring is 1. The quantitative estimate of drug-likeness (QED) is 0.822. The summed E-state index contributed by atoms with van der Waals surface area (Å²) in [6.07, 6.45) is 3.32. The van der Waals surface area contributed by atoms with Crippen LogP contribution in [0.25, 0.3) is 0 Å². The lowest BCUT2D eigenvalue weighted by Gasteiger charge is -2.13. The minimum Gasteiger partial charge on any atom is -0.469 e. The number of benzene rings is 1. The maximum absolute atomic E-state index is 12.1. The molecule has 2 rings (SSSR count). The summed E-state index contributed by atoms with van der Waals surface area (Å²) in [5.41, 5.74) is 8.01. The minimum absolute atomic E-state index is 0.0694. The van der Waals surface area contributed by atoms with E-state index in [1.807, 2.05) is 32.0 Å². The normalized spacial score (nSPS) is 12.1. The molecule has 4 nitrogen and oxygen atoms in total. The van der Waals surface area contributed by atoms with Crippen molar-refractivity contribution in [3.63, 3.8) is 0 Å². The predicted octanol–water partition coefficient (Wildman–Crippen LogP) is 2.92. The van der Waals surface area contributed by atoms with Gasteiger partial charge in [-0.25, -0.2) is 0 Å². The number of aryl methyl sites for hydroxylation is 2. The molecule has 0 bridgehead atoms. The standard InChI is InChI=1S/C16H20N2O2/c1-11-10-13(6-8-15(11)17)16(19)18-12(2)5-7-14-4-3-9-20-14/h3-4,6,8-10,12H,5,7,17H2,1-2H3,(H,18,19). The van der Waals surface area contributed by atoms with Crippen molar-refractivity contribution in [1.82, 2.24) is 5.32 Å². The molecule has 1 heterocycles. The number of hydrogen-bond acceptors (Lipinski definition) is 3. The van der Waals surface area contributed by atoms with Crippen LogP contribution in [0.4, 0.5) is 5.69 Å². The molecule has 0 saturated carbocycles. The Morgan fingerprint density at radius 1 is 1.40 bits per heavy atom. The monoisotopic (exact) mass is 272 g/mol. The minimum atomic E-state index is -0.0694. The summed E-state index contributed by atoms with van der Waals surface area (Å²) < 4.78 is 5.28. The van der Waals surface area contributed by atoms with E-state index in [4.69, 9.17) is 10.2 Å². The third-order valence-corrected chi connectivity index (χ3v) is 3.31. The number of furan rings is 1. The lowest BCUT2D eigenvalue weighted by atomic mass is 10.1. The van der Waals surface area contributed by atoms with Crippen LogP contribution >= 0.6 is 0 Å². The van der Waals surface area contributed by atoms with Crippen molar-refractivity contribution in [2.75, 3.05) is 5.73 Å². The third kappa shape index (κ3) is 3.63. The maximum Gasteiger partial charge on any atom is 0.251 e. The Hall–Kier alpha value is -2.23. The van der Waals surface area contributed by atoms with Gasteiger partial charge < -0.3 is 15.5 Å². The van der Waals surface area contributed by atoms with Crippen LogP contribution in [-0.4, -0.2) is 11.9 Å². The van der Waals surface area contributed by atoms with Crippen LogP contribution in [0.1, 0.15) is 35.0 Å². The van der Waals surface area contributed by atoms with Crippen LogP contribution in [-0.2, 0) is 6.42 Å². The molecule has 3 N–H and O–H groups in total. The largest absolute Gasteiger partial charge is 0.469 e. The van der Waals surface area contributed by atoms with E-state index < -0.39 is 0 Å². The Morgan fingerprint density at radius 3 is 2.85 bits per heavy atom. The molecule has 1 aromatic carbocycles. The molecular weight excluding hydrogens is 252 g/mol. The zero-order chi connectivity index (χ0) is 14.5. The van der Waals surface area contributed by atoms with Crippen molar-refractivity contribution < 1.29 is 9.21 Å². The molecule has 0 fully saturated rings. The molecule has 1 amide bonds.